The van der Waals surface area contributed by atoms with Gasteiger partial charge < -0.3 is 5.32 Å². The van der Waals surface area contributed by atoms with E-state index in [0.717, 1.165) is 0 Å². The predicted molar refractivity (Wildman–Crippen MR) is 81.3 cm³/mol. The second-order valence-electron chi connectivity index (χ2n) is 5.04. The molecule has 1 aromatic heterocycles. The van der Waals surface area contributed by atoms with Gasteiger partial charge in [0.1, 0.15) is 0 Å². The number of carbonyl (C=O) groups is 1. The zero-order valence-corrected chi connectivity index (χ0v) is 13.4. The average molecular weight is 331 g/mol. The van der Waals surface area contributed by atoms with Gasteiger partial charge in [0.15, 0.2) is 25.9 Å². The van der Waals surface area contributed by atoms with Gasteiger partial charge in [-0.3, -0.25) is 9.69 Å². The summed E-state index contributed by atoms with van der Waals surface area (Å²) < 4.78 is 23.5. The number of nitrogens with zero attached hydrogens (tertiary/aromatic N) is 2. The third-order valence-electron chi connectivity index (χ3n) is 3.49. The van der Waals surface area contributed by atoms with Crippen molar-refractivity contribution in [1.82, 2.24) is 10.3 Å². The molecule has 0 bridgehead atoms. The number of anilines is 1. The predicted octanol–water partition coefficient (Wildman–Crippen LogP) is 0.514. The lowest BCUT2D eigenvalue weighted by atomic mass is 10.2. The summed E-state index contributed by atoms with van der Waals surface area (Å²) >= 11 is 6.53. The number of fused-ring (bicyclic) bond motifs is 1. The number of thiazole rings is 1. The van der Waals surface area contributed by atoms with Gasteiger partial charge in [-0.1, -0.05) is 11.3 Å². The molecule has 0 unspecified atom stereocenters. The summed E-state index contributed by atoms with van der Waals surface area (Å²) in [7, 11) is -3.04. The maximum Gasteiger partial charge on any atom is 0.192 e. The maximum absolute atomic E-state index is 11.7. The van der Waals surface area contributed by atoms with Crippen molar-refractivity contribution < 1.29 is 13.2 Å². The summed E-state index contributed by atoms with van der Waals surface area (Å²) in [6.45, 7) is 3.26. The van der Waals surface area contributed by atoms with Crippen LogP contribution in [0.5, 0.6) is 0 Å². The van der Waals surface area contributed by atoms with Crippen LogP contribution in [0.15, 0.2) is 0 Å². The number of thiocarbonyl (C=S) groups is 1. The van der Waals surface area contributed by atoms with Crippen LogP contribution in [0.1, 0.15) is 22.3 Å². The molecule has 2 fully saturated rings. The standard InChI is InChI=1S/C11H13N3O3S3/c1-5-9(6(2)15)19-11(12-5)14-8-4-20(16,17)3-7(8)13-10(14)18/h7-8H,3-4H2,1-2H3,(H,13,18)/t7-,8-/m1/s1. The molecule has 2 saturated heterocycles. The van der Waals surface area contributed by atoms with E-state index in [0.29, 0.717) is 20.8 Å². The first-order chi connectivity index (χ1) is 9.28. The van der Waals surface area contributed by atoms with Crippen LogP contribution >= 0.6 is 23.6 Å². The number of hydrogen-bond donors (Lipinski definition) is 1. The van der Waals surface area contributed by atoms with Gasteiger partial charge in [0.25, 0.3) is 0 Å². The van der Waals surface area contributed by atoms with Crippen molar-refractivity contribution in [3.05, 3.63) is 10.6 Å². The lowest BCUT2D eigenvalue weighted by Crippen LogP contribution is -2.36. The molecule has 108 valence electrons. The highest BCUT2D eigenvalue weighted by atomic mass is 32.2. The summed E-state index contributed by atoms with van der Waals surface area (Å²) in [5.41, 5.74) is 0.657. The summed E-state index contributed by atoms with van der Waals surface area (Å²) in [6.07, 6.45) is 0. The third-order valence-corrected chi connectivity index (χ3v) is 6.78. The number of hydrogen-bond acceptors (Lipinski definition) is 6. The number of carbonyl (C=O) groups excluding carboxylic acids is 1. The highest BCUT2D eigenvalue weighted by molar-refractivity contribution is 7.91. The molecule has 1 N–H and O–H groups in total. The van der Waals surface area contributed by atoms with E-state index < -0.39 is 9.84 Å². The normalized spacial score (nSPS) is 27.5. The Labute approximate surface area is 126 Å². The molecule has 2 atom stereocenters. The number of sulfone groups is 1. The van der Waals surface area contributed by atoms with E-state index in [-0.39, 0.29) is 29.4 Å². The summed E-state index contributed by atoms with van der Waals surface area (Å²) in [6, 6.07) is -0.407. The number of aromatic nitrogens is 1. The molecule has 0 amide bonds. The second kappa shape index (κ2) is 4.47. The Balaban J connectivity index is 1.99. The molecule has 6 nitrogen and oxygen atoms in total. The van der Waals surface area contributed by atoms with Crippen LogP contribution < -0.4 is 10.2 Å². The van der Waals surface area contributed by atoms with Crippen molar-refractivity contribution in [2.45, 2.75) is 25.9 Å². The number of Topliss-reactive ketones (excluding diaryl/α,β-unsaturated/α-hetero) is 1. The van der Waals surface area contributed by atoms with Crippen LogP contribution in [0.4, 0.5) is 5.13 Å². The minimum atomic E-state index is -3.04. The van der Waals surface area contributed by atoms with Gasteiger partial charge in [0, 0.05) is 6.92 Å². The Kier molecular flexibility index (Phi) is 3.11. The maximum atomic E-state index is 11.7. The van der Waals surface area contributed by atoms with Crippen LogP contribution in [0.25, 0.3) is 0 Å². The fourth-order valence-electron chi connectivity index (χ4n) is 2.64. The van der Waals surface area contributed by atoms with E-state index in [2.05, 4.69) is 10.3 Å². The molecule has 0 radical (unpaired) electrons. The minimum absolute atomic E-state index is 0.0417. The Hall–Kier alpha value is -1.06. The first kappa shape index (κ1) is 13.9. The molecule has 0 spiro atoms. The van der Waals surface area contributed by atoms with Gasteiger partial charge in [0.2, 0.25) is 0 Å². The molecule has 20 heavy (non-hydrogen) atoms. The van der Waals surface area contributed by atoms with Crippen molar-refractivity contribution in [2.75, 3.05) is 16.4 Å². The zero-order chi connectivity index (χ0) is 14.7. The Bertz CT molecular complexity index is 710. The monoisotopic (exact) mass is 331 g/mol. The van der Waals surface area contributed by atoms with Gasteiger partial charge in [-0.2, -0.15) is 0 Å². The zero-order valence-electron chi connectivity index (χ0n) is 10.9. The van der Waals surface area contributed by atoms with E-state index in [1.807, 2.05) is 0 Å². The molecule has 2 aliphatic rings. The number of ketones is 1. The number of rotatable bonds is 2. The van der Waals surface area contributed by atoms with Crippen LogP contribution in [-0.2, 0) is 9.84 Å². The van der Waals surface area contributed by atoms with Crippen LogP contribution in [-0.4, -0.2) is 47.9 Å². The van der Waals surface area contributed by atoms with E-state index in [1.54, 1.807) is 11.8 Å². The quantitative estimate of drug-likeness (QED) is 0.625. The van der Waals surface area contributed by atoms with E-state index >= 15 is 0 Å². The second-order valence-corrected chi connectivity index (χ2v) is 8.56. The van der Waals surface area contributed by atoms with Crippen molar-refractivity contribution in [3.63, 3.8) is 0 Å². The molecule has 3 heterocycles. The number of aryl methyl sites for hydroxylation is 1. The van der Waals surface area contributed by atoms with Gasteiger partial charge in [0.05, 0.1) is 34.2 Å². The van der Waals surface area contributed by atoms with Crippen molar-refractivity contribution in [2.24, 2.45) is 0 Å². The lowest BCUT2D eigenvalue weighted by Gasteiger charge is -2.19. The first-order valence-electron chi connectivity index (χ1n) is 6.07. The summed E-state index contributed by atoms with van der Waals surface area (Å²) in [4.78, 5) is 18.2. The van der Waals surface area contributed by atoms with Crippen LogP contribution in [0.2, 0.25) is 0 Å². The van der Waals surface area contributed by atoms with Crippen LogP contribution in [0.3, 0.4) is 0 Å². The number of nitrogens with one attached hydrogen (secondary N) is 1. The van der Waals surface area contributed by atoms with Crippen LogP contribution in [0, 0.1) is 6.92 Å². The SMILES string of the molecule is CC(=O)c1sc(N2C(=S)N[C@@H]3CS(=O)(=O)C[C@H]32)nc1C. The van der Waals surface area contributed by atoms with Gasteiger partial charge in [-0.25, -0.2) is 13.4 Å². The molecule has 1 aromatic rings. The largest absolute Gasteiger partial charge is 0.356 e. The van der Waals surface area contributed by atoms with Crippen molar-refractivity contribution >= 4 is 49.4 Å². The highest BCUT2D eigenvalue weighted by Crippen LogP contribution is 2.33. The fraction of sp³-hybridized carbons (Fsp3) is 0.545. The molecule has 0 aromatic carbocycles. The Morgan fingerprint density at radius 2 is 2.20 bits per heavy atom. The van der Waals surface area contributed by atoms with E-state index in [1.165, 1.54) is 18.3 Å². The smallest absolute Gasteiger partial charge is 0.192 e. The Morgan fingerprint density at radius 1 is 1.50 bits per heavy atom. The topological polar surface area (TPSA) is 79.4 Å². The highest BCUT2D eigenvalue weighted by Gasteiger charge is 2.48. The van der Waals surface area contributed by atoms with Gasteiger partial charge in [-0.15, -0.1) is 0 Å². The molecule has 2 aliphatic heterocycles. The molecule has 0 aliphatic carbocycles. The van der Waals surface area contributed by atoms with Gasteiger partial charge >= 0.3 is 0 Å². The van der Waals surface area contributed by atoms with E-state index in [4.69, 9.17) is 12.2 Å². The summed E-state index contributed by atoms with van der Waals surface area (Å²) in [5, 5.41) is 4.12. The van der Waals surface area contributed by atoms with E-state index in [9.17, 15) is 13.2 Å². The van der Waals surface area contributed by atoms with Gasteiger partial charge in [-0.05, 0) is 19.1 Å². The summed E-state index contributed by atoms with van der Waals surface area (Å²) in [5.74, 6) is 0.122. The van der Waals surface area contributed by atoms with Crippen molar-refractivity contribution in [3.8, 4) is 0 Å². The van der Waals surface area contributed by atoms with Crippen molar-refractivity contribution in [1.29, 1.82) is 0 Å². The molecular formula is C11H13N3O3S3. The Morgan fingerprint density at radius 3 is 2.80 bits per heavy atom. The lowest BCUT2D eigenvalue weighted by molar-refractivity contribution is 0.102. The fourth-order valence-corrected chi connectivity index (χ4v) is 5.99. The first-order valence-corrected chi connectivity index (χ1v) is 9.11. The minimum Gasteiger partial charge on any atom is -0.356 e. The molecule has 3 rings (SSSR count). The molecule has 0 saturated carbocycles. The average Bonchev–Trinajstić information content (AvgIpc) is 2.88. The third kappa shape index (κ3) is 2.13. The molecular weight excluding hydrogens is 318 g/mol. The molecule has 9 heteroatoms.